The molecule has 1 aromatic carbocycles. The largest absolute Gasteiger partial charge is 0.357 e. The average molecular weight is 568 g/mol. The zero-order valence-corrected chi connectivity index (χ0v) is 22.1. The standard InChI is InChI=1S/C25H37N5O2.HI/c1-2-26-25(28-21-14-16-29(18-21)24(32)20-9-3-4-10-20)27-15-7-12-23(31)30-17-13-19-8-5-6-11-22(19)30;/h5-6,8,11,20-21H,2-4,7,9-10,12-18H2,1H3,(H2,26,27,28);1H. The highest BCUT2D eigenvalue weighted by Crippen LogP contribution is 2.29. The topological polar surface area (TPSA) is 77.0 Å². The molecule has 1 saturated heterocycles. The number of nitrogens with zero attached hydrogens (tertiary/aromatic N) is 3. The molecule has 4 rings (SSSR count). The molecule has 0 aromatic heterocycles. The minimum atomic E-state index is 0. The normalized spacial score (nSPS) is 20.5. The maximum Gasteiger partial charge on any atom is 0.227 e. The Bertz CT molecular complexity index is 840. The van der Waals surface area contributed by atoms with Crippen LogP contribution in [0.1, 0.15) is 57.4 Å². The molecule has 1 saturated carbocycles. The number of aliphatic imine (C=N–C) groups is 1. The third-order valence-electron chi connectivity index (χ3n) is 6.90. The number of halogens is 1. The van der Waals surface area contributed by atoms with Gasteiger partial charge in [0.1, 0.15) is 0 Å². The lowest BCUT2D eigenvalue weighted by Gasteiger charge is -2.21. The number of amides is 2. The van der Waals surface area contributed by atoms with Crippen LogP contribution in [-0.4, -0.2) is 61.4 Å². The van der Waals surface area contributed by atoms with E-state index in [1.807, 2.05) is 28.0 Å². The molecule has 8 heteroatoms. The highest BCUT2D eigenvalue weighted by Gasteiger charge is 2.32. The van der Waals surface area contributed by atoms with Crippen molar-refractivity contribution in [3.63, 3.8) is 0 Å². The quantitative estimate of drug-likeness (QED) is 0.230. The van der Waals surface area contributed by atoms with Gasteiger partial charge in [-0.05, 0) is 50.7 Å². The van der Waals surface area contributed by atoms with Gasteiger partial charge in [0, 0.05) is 56.8 Å². The first-order valence-electron chi connectivity index (χ1n) is 12.4. The van der Waals surface area contributed by atoms with E-state index in [1.165, 1.54) is 18.4 Å². The SMILES string of the molecule is CCNC(=NCCCC(=O)N1CCc2ccccc21)NC1CCN(C(=O)C2CCCC2)C1.I. The van der Waals surface area contributed by atoms with Crippen LogP contribution >= 0.6 is 24.0 Å². The Labute approximate surface area is 214 Å². The van der Waals surface area contributed by atoms with Crippen molar-refractivity contribution in [3.8, 4) is 0 Å². The van der Waals surface area contributed by atoms with E-state index in [9.17, 15) is 9.59 Å². The second kappa shape index (κ2) is 12.6. The van der Waals surface area contributed by atoms with Gasteiger partial charge in [0.15, 0.2) is 5.96 Å². The van der Waals surface area contributed by atoms with Crippen molar-refractivity contribution in [1.82, 2.24) is 15.5 Å². The zero-order chi connectivity index (χ0) is 22.3. The van der Waals surface area contributed by atoms with Crippen LogP contribution in [0, 0.1) is 5.92 Å². The monoisotopic (exact) mass is 567 g/mol. The number of hydrogen-bond acceptors (Lipinski definition) is 3. The molecule has 2 N–H and O–H groups in total. The van der Waals surface area contributed by atoms with Gasteiger partial charge in [-0.15, -0.1) is 24.0 Å². The Morgan fingerprint density at radius 3 is 2.70 bits per heavy atom. The molecule has 3 aliphatic rings. The first-order chi connectivity index (χ1) is 15.7. The molecule has 1 atom stereocenters. The third-order valence-corrected chi connectivity index (χ3v) is 6.90. The Kier molecular flexibility index (Phi) is 9.82. The Hall–Kier alpha value is -1.84. The van der Waals surface area contributed by atoms with Gasteiger partial charge < -0.3 is 20.4 Å². The van der Waals surface area contributed by atoms with Crippen molar-refractivity contribution in [3.05, 3.63) is 29.8 Å². The maximum absolute atomic E-state index is 12.7. The number of likely N-dealkylation sites (tertiary alicyclic amines) is 1. The molecule has 2 amide bonds. The van der Waals surface area contributed by atoms with Gasteiger partial charge in [0.25, 0.3) is 0 Å². The predicted molar refractivity (Wildman–Crippen MR) is 143 cm³/mol. The van der Waals surface area contributed by atoms with Gasteiger partial charge in [0.05, 0.1) is 0 Å². The van der Waals surface area contributed by atoms with E-state index in [0.29, 0.717) is 18.9 Å². The number of guanidine groups is 1. The number of carbonyl (C=O) groups is 2. The number of benzene rings is 1. The van der Waals surface area contributed by atoms with Gasteiger partial charge in [-0.25, -0.2) is 0 Å². The van der Waals surface area contributed by atoms with E-state index >= 15 is 0 Å². The molecule has 2 fully saturated rings. The number of carbonyl (C=O) groups excluding carboxylic acids is 2. The van der Waals surface area contributed by atoms with Gasteiger partial charge in [0.2, 0.25) is 11.8 Å². The highest BCUT2D eigenvalue weighted by atomic mass is 127. The summed E-state index contributed by atoms with van der Waals surface area (Å²) in [5.74, 6) is 1.55. The highest BCUT2D eigenvalue weighted by molar-refractivity contribution is 14.0. The van der Waals surface area contributed by atoms with Crippen LogP contribution in [0.15, 0.2) is 29.3 Å². The number of fused-ring (bicyclic) bond motifs is 1. The van der Waals surface area contributed by atoms with Gasteiger partial charge in [-0.3, -0.25) is 14.6 Å². The number of nitrogens with one attached hydrogen (secondary N) is 2. The summed E-state index contributed by atoms with van der Waals surface area (Å²) < 4.78 is 0. The second-order valence-electron chi connectivity index (χ2n) is 9.18. The van der Waals surface area contributed by atoms with E-state index in [2.05, 4.69) is 28.6 Å². The first kappa shape index (κ1) is 25.8. The van der Waals surface area contributed by atoms with Crippen molar-refractivity contribution in [2.24, 2.45) is 10.9 Å². The fraction of sp³-hybridized carbons (Fsp3) is 0.640. The fourth-order valence-corrected chi connectivity index (χ4v) is 5.18. The molecule has 1 aliphatic carbocycles. The smallest absolute Gasteiger partial charge is 0.227 e. The molecule has 2 aliphatic heterocycles. The van der Waals surface area contributed by atoms with E-state index in [4.69, 9.17) is 0 Å². The summed E-state index contributed by atoms with van der Waals surface area (Å²) in [4.78, 5) is 34.0. The van der Waals surface area contributed by atoms with Crippen LogP contribution < -0.4 is 15.5 Å². The predicted octanol–water partition coefficient (Wildman–Crippen LogP) is 3.32. The molecule has 0 bridgehead atoms. The van der Waals surface area contributed by atoms with Crippen molar-refractivity contribution >= 4 is 47.4 Å². The molecule has 33 heavy (non-hydrogen) atoms. The minimum Gasteiger partial charge on any atom is -0.357 e. The molecule has 1 aromatic rings. The summed E-state index contributed by atoms with van der Waals surface area (Å²) in [5, 5.41) is 6.80. The molecule has 0 spiro atoms. The number of rotatable bonds is 7. The van der Waals surface area contributed by atoms with Gasteiger partial charge in [-0.2, -0.15) is 0 Å². The number of hydrogen-bond donors (Lipinski definition) is 2. The van der Waals surface area contributed by atoms with Crippen LogP contribution in [0.25, 0.3) is 0 Å². The van der Waals surface area contributed by atoms with Crippen LogP contribution in [0.3, 0.4) is 0 Å². The van der Waals surface area contributed by atoms with Crippen LogP contribution in [0.2, 0.25) is 0 Å². The maximum atomic E-state index is 12.7. The van der Waals surface area contributed by atoms with E-state index in [-0.39, 0.29) is 41.8 Å². The summed E-state index contributed by atoms with van der Waals surface area (Å²) >= 11 is 0. The molecule has 2 heterocycles. The van der Waals surface area contributed by atoms with E-state index in [0.717, 1.165) is 69.9 Å². The molecular weight excluding hydrogens is 529 g/mol. The zero-order valence-electron chi connectivity index (χ0n) is 19.7. The van der Waals surface area contributed by atoms with Gasteiger partial charge in [-0.1, -0.05) is 31.0 Å². The number of anilines is 1. The molecule has 7 nitrogen and oxygen atoms in total. The van der Waals surface area contributed by atoms with E-state index < -0.39 is 0 Å². The Balaban J connectivity index is 0.00000306. The minimum absolute atomic E-state index is 0. The van der Waals surface area contributed by atoms with E-state index in [1.54, 1.807) is 0 Å². The van der Waals surface area contributed by atoms with Crippen molar-refractivity contribution in [2.75, 3.05) is 37.6 Å². The lowest BCUT2D eigenvalue weighted by Crippen LogP contribution is -2.45. The summed E-state index contributed by atoms with van der Waals surface area (Å²) in [5.41, 5.74) is 2.32. The van der Waals surface area contributed by atoms with Crippen molar-refractivity contribution < 1.29 is 9.59 Å². The summed E-state index contributed by atoms with van der Waals surface area (Å²) in [6.45, 7) is 5.81. The lowest BCUT2D eigenvalue weighted by molar-refractivity contribution is -0.134. The Morgan fingerprint density at radius 2 is 1.91 bits per heavy atom. The number of para-hydroxylation sites is 1. The van der Waals surface area contributed by atoms with Crippen molar-refractivity contribution in [1.29, 1.82) is 0 Å². The van der Waals surface area contributed by atoms with Gasteiger partial charge >= 0.3 is 0 Å². The summed E-state index contributed by atoms with van der Waals surface area (Å²) in [6.07, 6.45) is 7.62. The summed E-state index contributed by atoms with van der Waals surface area (Å²) in [6, 6.07) is 8.40. The summed E-state index contributed by atoms with van der Waals surface area (Å²) in [7, 11) is 0. The van der Waals surface area contributed by atoms with Crippen molar-refractivity contribution in [2.45, 2.75) is 64.3 Å². The molecular formula is C25H38IN5O2. The molecule has 0 radical (unpaired) electrons. The average Bonchev–Trinajstić information content (AvgIpc) is 3.57. The van der Waals surface area contributed by atoms with Crippen LogP contribution in [0.4, 0.5) is 5.69 Å². The first-order valence-corrected chi connectivity index (χ1v) is 12.4. The molecule has 1 unspecified atom stereocenters. The third kappa shape index (κ3) is 6.61. The fourth-order valence-electron chi connectivity index (χ4n) is 5.18. The van der Waals surface area contributed by atoms with Crippen LogP contribution in [-0.2, 0) is 16.0 Å². The second-order valence-corrected chi connectivity index (χ2v) is 9.18. The molecule has 182 valence electrons. The lowest BCUT2D eigenvalue weighted by atomic mass is 10.1. The Morgan fingerprint density at radius 1 is 1.12 bits per heavy atom. The van der Waals surface area contributed by atoms with Crippen LogP contribution in [0.5, 0.6) is 0 Å².